The van der Waals surface area contributed by atoms with Gasteiger partial charge in [0.1, 0.15) is 10.7 Å². The van der Waals surface area contributed by atoms with Gasteiger partial charge in [-0.3, -0.25) is 4.79 Å². The van der Waals surface area contributed by atoms with Crippen molar-refractivity contribution in [3.63, 3.8) is 0 Å². The lowest BCUT2D eigenvalue weighted by molar-refractivity contribution is -0.137. The SMILES string of the molecule is O=COCCc1noc(-c2ccc(C(F)(F)F)cc2)c1Cl. The number of aromatic nitrogens is 1. The summed E-state index contributed by atoms with van der Waals surface area (Å²) in [5, 5.41) is 3.89. The van der Waals surface area contributed by atoms with Gasteiger partial charge in [0.15, 0.2) is 5.76 Å². The fourth-order valence-electron chi connectivity index (χ4n) is 1.66. The molecule has 0 amide bonds. The van der Waals surface area contributed by atoms with Crippen LogP contribution in [-0.4, -0.2) is 18.2 Å². The Kier molecular flexibility index (Phi) is 4.52. The smallest absolute Gasteiger partial charge is 0.416 e. The summed E-state index contributed by atoms with van der Waals surface area (Å²) in [5.74, 6) is 0.173. The Morgan fingerprint density at radius 3 is 2.52 bits per heavy atom. The molecule has 112 valence electrons. The van der Waals surface area contributed by atoms with Gasteiger partial charge in [-0.2, -0.15) is 13.2 Å². The van der Waals surface area contributed by atoms with E-state index in [0.717, 1.165) is 12.1 Å². The van der Waals surface area contributed by atoms with Gasteiger partial charge in [-0.15, -0.1) is 0 Å². The summed E-state index contributed by atoms with van der Waals surface area (Å²) in [5.41, 5.74) is -0.0158. The Morgan fingerprint density at radius 2 is 1.95 bits per heavy atom. The Balaban J connectivity index is 2.20. The molecule has 0 bridgehead atoms. The van der Waals surface area contributed by atoms with Crippen LogP contribution in [0.1, 0.15) is 11.3 Å². The van der Waals surface area contributed by atoms with E-state index >= 15 is 0 Å². The monoisotopic (exact) mass is 319 g/mol. The second-order valence-corrected chi connectivity index (χ2v) is 4.44. The highest BCUT2D eigenvalue weighted by Gasteiger charge is 2.30. The standard InChI is InChI=1S/C13H9ClF3NO3/c14-11-10(5-6-20-7-19)18-21-12(11)8-1-3-9(4-2-8)13(15,16)17/h1-4,7H,5-6H2. The molecule has 1 aromatic heterocycles. The number of hydrogen-bond acceptors (Lipinski definition) is 4. The molecule has 2 aromatic rings. The first-order chi connectivity index (χ1) is 9.93. The van der Waals surface area contributed by atoms with E-state index in [-0.39, 0.29) is 23.8 Å². The van der Waals surface area contributed by atoms with Crippen LogP contribution in [-0.2, 0) is 22.1 Å². The zero-order valence-electron chi connectivity index (χ0n) is 10.5. The van der Waals surface area contributed by atoms with Crippen molar-refractivity contribution >= 4 is 18.1 Å². The van der Waals surface area contributed by atoms with E-state index in [1.54, 1.807) is 0 Å². The normalized spacial score (nSPS) is 11.4. The molecule has 0 radical (unpaired) electrons. The number of alkyl halides is 3. The molecule has 21 heavy (non-hydrogen) atoms. The molecule has 8 heteroatoms. The average molecular weight is 320 g/mol. The first kappa shape index (κ1) is 15.4. The molecule has 0 saturated heterocycles. The molecule has 1 heterocycles. The Labute approximate surface area is 122 Å². The largest absolute Gasteiger partial charge is 0.467 e. The summed E-state index contributed by atoms with van der Waals surface area (Å²) < 4.78 is 47.0. The average Bonchev–Trinajstić information content (AvgIpc) is 2.80. The number of ether oxygens (including phenoxy) is 1. The number of nitrogens with zero attached hydrogens (tertiary/aromatic N) is 1. The predicted molar refractivity (Wildman–Crippen MR) is 67.7 cm³/mol. The second-order valence-electron chi connectivity index (χ2n) is 4.06. The van der Waals surface area contributed by atoms with Gasteiger partial charge in [-0.1, -0.05) is 28.9 Å². The first-order valence-corrected chi connectivity index (χ1v) is 6.18. The summed E-state index contributed by atoms with van der Waals surface area (Å²) in [6.45, 7) is 0.382. The summed E-state index contributed by atoms with van der Waals surface area (Å²) in [7, 11) is 0. The number of carbonyl (C=O) groups excluding carboxylic acids is 1. The third kappa shape index (κ3) is 3.55. The van der Waals surface area contributed by atoms with Crippen molar-refractivity contribution in [2.45, 2.75) is 12.6 Å². The van der Waals surface area contributed by atoms with Gasteiger partial charge in [0.2, 0.25) is 0 Å². The van der Waals surface area contributed by atoms with Crippen molar-refractivity contribution in [3.05, 3.63) is 40.5 Å². The van der Waals surface area contributed by atoms with Crippen molar-refractivity contribution in [1.29, 1.82) is 0 Å². The number of hydrogen-bond donors (Lipinski definition) is 0. The van der Waals surface area contributed by atoms with E-state index < -0.39 is 11.7 Å². The van der Waals surface area contributed by atoms with Gasteiger partial charge in [0, 0.05) is 12.0 Å². The zero-order chi connectivity index (χ0) is 15.5. The van der Waals surface area contributed by atoms with E-state index in [0.29, 0.717) is 17.7 Å². The van der Waals surface area contributed by atoms with Gasteiger partial charge in [-0.25, -0.2) is 0 Å². The molecule has 0 aliphatic carbocycles. The van der Waals surface area contributed by atoms with Gasteiger partial charge >= 0.3 is 6.18 Å². The van der Waals surface area contributed by atoms with Crippen LogP contribution in [0.5, 0.6) is 0 Å². The minimum absolute atomic E-state index is 0.0855. The molecule has 0 atom stereocenters. The Morgan fingerprint density at radius 1 is 1.29 bits per heavy atom. The lowest BCUT2D eigenvalue weighted by atomic mass is 10.1. The fourth-order valence-corrected chi connectivity index (χ4v) is 1.93. The minimum atomic E-state index is -4.40. The Bertz CT molecular complexity index is 623. The van der Waals surface area contributed by atoms with Gasteiger partial charge in [-0.05, 0) is 12.1 Å². The summed E-state index contributed by atoms with van der Waals surface area (Å²) in [6.07, 6.45) is -4.15. The van der Waals surface area contributed by atoms with Crippen molar-refractivity contribution in [2.24, 2.45) is 0 Å². The summed E-state index contributed by atoms with van der Waals surface area (Å²) in [4.78, 5) is 10.0. The van der Waals surface area contributed by atoms with Crippen LogP contribution in [0.3, 0.4) is 0 Å². The maximum Gasteiger partial charge on any atom is 0.416 e. The third-order valence-electron chi connectivity index (χ3n) is 2.70. The number of halogens is 4. The first-order valence-electron chi connectivity index (χ1n) is 5.80. The van der Waals surface area contributed by atoms with Crippen LogP contribution < -0.4 is 0 Å². The minimum Gasteiger partial charge on any atom is -0.467 e. The molecule has 0 aliphatic heterocycles. The van der Waals surface area contributed by atoms with E-state index in [1.807, 2.05) is 0 Å². The number of carbonyl (C=O) groups is 1. The van der Waals surface area contributed by atoms with Gasteiger partial charge in [0.25, 0.3) is 6.47 Å². The molecular formula is C13H9ClF3NO3. The lowest BCUT2D eigenvalue weighted by Crippen LogP contribution is -2.03. The highest BCUT2D eigenvalue weighted by Crippen LogP contribution is 2.34. The molecule has 0 unspecified atom stereocenters. The molecule has 1 aromatic carbocycles. The maximum absolute atomic E-state index is 12.5. The van der Waals surface area contributed by atoms with E-state index in [9.17, 15) is 18.0 Å². The van der Waals surface area contributed by atoms with Crippen LogP contribution in [0, 0.1) is 0 Å². The van der Waals surface area contributed by atoms with Crippen LogP contribution >= 0.6 is 11.6 Å². The van der Waals surface area contributed by atoms with Gasteiger partial charge < -0.3 is 9.26 Å². The van der Waals surface area contributed by atoms with Crippen LogP contribution in [0.2, 0.25) is 5.02 Å². The predicted octanol–water partition coefficient (Wildman–Crippen LogP) is 3.73. The highest BCUT2D eigenvalue weighted by molar-refractivity contribution is 6.33. The molecule has 2 rings (SSSR count). The maximum atomic E-state index is 12.5. The van der Waals surface area contributed by atoms with Crippen molar-refractivity contribution < 1.29 is 27.2 Å². The third-order valence-corrected chi connectivity index (χ3v) is 3.09. The van der Waals surface area contributed by atoms with Crippen LogP contribution in [0.4, 0.5) is 13.2 Å². The van der Waals surface area contributed by atoms with E-state index in [2.05, 4.69) is 9.89 Å². The highest BCUT2D eigenvalue weighted by atomic mass is 35.5. The number of rotatable bonds is 5. The van der Waals surface area contributed by atoms with Crippen molar-refractivity contribution in [2.75, 3.05) is 6.61 Å². The number of benzene rings is 1. The van der Waals surface area contributed by atoms with Gasteiger partial charge in [0.05, 0.1) is 12.2 Å². The lowest BCUT2D eigenvalue weighted by Gasteiger charge is -2.06. The second kappa shape index (κ2) is 6.17. The quantitative estimate of drug-likeness (QED) is 0.622. The zero-order valence-corrected chi connectivity index (χ0v) is 11.2. The molecular weight excluding hydrogens is 311 g/mol. The molecule has 0 fully saturated rings. The molecule has 0 spiro atoms. The topological polar surface area (TPSA) is 52.3 Å². The van der Waals surface area contributed by atoms with E-state index in [1.165, 1.54) is 12.1 Å². The van der Waals surface area contributed by atoms with E-state index in [4.69, 9.17) is 16.1 Å². The molecule has 0 saturated carbocycles. The molecule has 0 aliphatic rings. The van der Waals surface area contributed by atoms with Crippen molar-refractivity contribution in [1.82, 2.24) is 5.16 Å². The van der Waals surface area contributed by atoms with Crippen molar-refractivity contribution in [3.8, 4) is 11.3 Å². The van der Waals surface area contributed by atoms with Crippen LogP contribution in [0.25, 0.3) is 11.3 Å². The van der Waals surface area contributed by atoms with Crippen LogP contribution in [0.15, 0.2) is 28.8 Å². The molecule has 4 nitrogen and oxygen atoms in total. The molecule has 0 N–H and O–H groups in total. The Hall–Kier alpha value is -2.02. The summed E-state index contributed by atoms with van der Waals surface area (Å²) >= 11 is 6.05. The fraction of sp³-hybridized carbons (Fsp3) is 0.231. The summed E-state index contributed by atoms with van der Waals surface area (Å²) in [6, 6.07) is 4.37.